The van der Waals surface area contributed by atoms with E-state index in [1.165, 1.54) is 6.92 Å². The van der Waals surface area contributed by atoms with Gasteiger partial charge in [0.1, 0.15) is 12.1 Å². The lowest BCUT2D eigenvalue weighted by Crippen LogP contribution is -2.45. The highest BCUT2D eigenvalue weighted by Crippen LogP contribution is 2.25. The first-order valence-electron chi connectivity index (χ1n) is 7.86. The number of nitrogens with one attached hydrogen (secondary N) is 2. The number of benzene rings is 2. The van der Waals surface area contributed by atoms with Crippen LogP contribution in [-0.4, -0.2) is 23.6 Å². The minimum Gasteiger partial charge on any atom is -0.442 e. The number of amides is 1. The van der Waals surface area contributed by atoms with Crippen LogP contribution >= 0.6 is 27.5 Å². The lowest BCUT2D eigenvalue weighted by molar-refractivity contribution is 0.0904. The zero-order valence-electron chi connectivity index (χ0n) is 14.3. The van der Waals surface area contributed by atoms with Gasteiger partial charge in [0.25, 0.3) is 0 Å². The Hall–Kier alpha value is -2.18. The maximum absolute atomic E-state index is 12.6. The van der Waals surface area contributed by atoms with Gasteiger partial charge in [-0.1, -0.05) is 57.9 Å². The first-order chi connectivity index (χ1) is 12.3. The van der Waals surface area contributed by atoms with Crippen molar-refractivity contribution in [3.05, 3.63) is 69.2 Å². The molecule has 0 spiro atoms. The van der Waals surface area contributed by atoms with E-state index in [4.69, 9.17) is 21.7 Å². The third kappa shape index (κ3) is 5.16. The molecule has 2 aromatic carbocycles. The normalized spacial score (nSPS) is 12.8. The Bertz CT molecular complexity index is 824. The third-order valence-electron chi connectivity index (χ3n) is 3.71. The van der Waals surface area contributed by atoms with E-state index in [9.17, 15) is 9.59 Å². The highest BCUT2D eigenvalue weighted by molar-refractivity contribution is 9.10. The van der Waals surface area contributed by atoms with Crippen LogP contribution in [0.1, 0.15) is 35.9 Å². The fourth-order valence-corrected chi connectivity index (χ4v) is 2.89. The molecule has 0 heterocycles. The number of carbonyl (C=O) groups is 2. The molecule has 0 fully saturated rings. The summed E-state index contributed by atoms with van der Waals surface area (Å²) < 4.78 is 6.14. The average molecular weight is 438 g/mol. The molecular weight excluding hydrogens is 420 g/mol. The Morgan fingerprint density at radius 1 is 1.15 bits per heavy atom. The van der Waals surface area contributed by atoms with Gasteiger partial charge in [-0.3, -0.25) is 4.79 Å². The van der Waals surface area contributed by atoms with Crippen molar-refractivity contribution in [3.8, 4) is 0 Å². The number of hydrogen-bond acceptors (Lipinski definition) is 4. The van der Waals surface area contributed by atoms with Crippen molar-refractivity contribution in [2.75, 3.05) is 0 Å². The fourth-order valence-electron chi connectivity index (χ4n) is 2.33. The van der Waals surface area contributed by atoms with Crippen molar-refractivity contribution < 1.29 is 14.3 Å². The highest BCUT2D eigenvalue weighted by atomic mass is 79.9. The predicted octanol–water partition coefficient (Wildman–Crippen LogP) is 5.18. The summed E-state index contributed by atoms with van der Waals surface area (Å²) in [6.45, 7) is 3.14. The smallest absolute Gasteiger partial charge is 0.408 e. The van der Waals surface area contributed by atoms with Crippen molar-refractivity contribution in [1.29, 1.82) is 5.41 Å². The molecule has 0 saturated heterocycles. The molecule has 2 rings (SSSR count). The molecule has 26 heavy (non-hydrogen) atoms. The van der Waals surface area contributed by atoms with Gasteiger partial charge in [0, 0.05) is 26.3 Å². The molecule has 7 heteroatoms. The Morgan fingerprint density at radius 3 is 2.35 bits per heavy atom. The maximum Gasteiger partial charge on any atom is 0.408 e. The summed E-state index contributed by atoms with van der Waals surface area (Å²) in [6.07, 6.45) is -1.39. The summed E-state index contributed by atoms with van der Waals surface area (Å²) in [5.74, 6) is -0.382. The first kappa shape index (κ1) is 20.1. The van der Waals surface area contributed by atoms with Crippen molar-refractivity contribution in [1.82, 2.24) is 5.32 Å². The van der Waals surface area contributed by atoms with Gasteiger partial charge in [-0.15, -0.1) is 0 Å². The van der Waals surface area contributed by atoms with Crippen LogP contribution in [0.4, 0.5) is 4.79 Å². The summed E-state index contributed by atoms with van der Waals surface area (Å²) in [6, 6.07) is 12.6. The molecule has 2 unspecified atom stereocenters. The van der Waals surface area contributed by atoms with E-state index in [0.29, 0.717) is 16.1 Å². The number of Topliss-reactive ketones (excluding diaryl/α,β-unsaturated/α-hetero) is 1. The van der Waals surface area contributed by atoms with Gasteiger partial charge in [-0.2, -0.15) is 0 Å². The molecule has 136 valence electrons. The average Bonchev–Trinajstić information content (AvgIpc) is 2.59. The predicted molar refractivity (Wildman–Crippen MR) is 105 cm³/mol. The Kier molecular flexibility index (Phi) is 6.94. The van der Waals surface area contributed by atoms with Gasteiger partial charge in [-0.05, 0) is 32.0 Å². The van der Waals surface area contributed by atoms with Gasteiger partial charge in [0.15, 0.2) is 5.78 Å². The lowest BCUT2D eigenvalue weighted by atomic mass is 10.0. The molecule has 0 aliphatic carbocycles. The number of alkyl carbamates (subject to hydrolysis) is 1. The molecular formula is C19H18BrClN2O3. The Morgan fingerprint density at radius 2 is 1.77 bits per heavy atom. The van der Waals surface area contributed by atoms with Crippen LogP contribution in [0.3, 0.4) is 0 Å². The monoisotopic (exact) mass is 436 g/mol. The van der Waals surface area contributed by atoms with Crippen LogP contribution in [0.2, 0.25) is 5.02 Å². The van der Waals surface area contributed by atoms with Crippen molar-refractivity contribution >= 4 is 45.1 Å². The second kappa shape index (κ2) is 8.96. The molecule has 0 aliphatic rings. The van der Waals surface area contributed by atoms with Crippen LogP contribution < -0.4 is 5.32 Å². The molecule has 0 aliphatic heterocycles. The largest absolute Gasteiger partial charge is 0.442 e. The van der Waals surface area contributed by atoms with E-state index >= 15 is 0 Å². The molecule has 1 amide bonds. The summed E-state index contributed by atoms with van der Waals surface area (Å²) in [5, 5.41) is 10.8. The van der Waals surface area contributed by atoms with Crippen molar-refractivity contribution in [3.63, 3.8) is 0 Å². The number of ether oxygens (including phenoxy) is 1. The minimum absolute atomic E-state index is 0.0141. The summed E-state index contributed by atoms with van der Waals surface area (Å²) in [4.78, 5) is 24.8. The van der Waals surface area contributed by atoms with Crippen molar-refractivity contribution in [2.45, 2.75) is 26.0 Å². The van der Waals surface area contributed by atoms with E-state index in [0.717, 1.165) is 4.47 Å². The Balaban J connectivity index is 2.08. The van der Waals surface area contributed by atoms with Crippen LogP contribution in [0.25, 0.3) is 0 Å². The molecule has 0 aromatic heterocycles. The van der Waals surface area contributed by atoms with Gasteiger partial charge >= 0.3 is 6.09 Å². The van der Waals surface area contributed by atoms with Gasteiger partial charge < -0.3 is 15.5 Å². The van der Waals surface area contributed by atoms with Crippen LogP contribution in [-0.2, 0) is 4.74 Å². The first-order valence-corrected chi connectivity index (χ1v) is 9.03. The number of rotatable bonds is 6. The molecule has 5 nitrogen and oxygen atoms in total. The molecule has 0 saturated carbocycles. The number of ketones is 1. The second-order valence-corrected chi connectivity index (χ2v) is 7.02. The van der Waals surface area contributed by atoms with Crippen LogP contribution in [0, 0.1) is 5.41 Å². The quantitative estimate of drug-likeness (QED) is 0.482. The van der Waals surface area contributed by atoms with Crippen LogP contribution in [0.5, 0.6) is 0 Å². The number of halogens is 2. The SMILES string of the molecule is CC(=N)C(NC(=O)OC(C)c1ccccc1Cl)C(=O)c1ccc(Br)cc1. The number of hydrogen-bond donors (Lipinski definition) is 2. The Labute approximate surface area is 165 Å². The maximum atomic E-state index is 12.6. The van der Waals surface area contributed by atoms with Crippen molar-refractivity contribution in [2.24, 2.45) is 0 Å². The number of carbonyl (C=O) groups excluding carboxylic acids is 2. The molecule has 0 radical (unpaired) electrons. The second-order valence-electron chi connectivity index (χ2n) is 5.70. The van der Waals surface area contributed by atoms with E-state index in [2.05, 4.69) is 21.2 Å². The van der Waals surface area contributed by atoms with E-state index in [-0.39, 0.29) is 11.5 Å². The highest BCUT2D eigenvalue weighted by Gasteiger charge is 2.26. The zero-order chi connectivity index (χ0) is 19.3. The van der Waals surface area contributed by atoms with E-state index in [1.807, 2.05) is 0 Å². The van der Waals surface area contributed by atoms with Gasteiger partial charge in [-0.25, -0.2) is 4.79 Å². The fraction of sp³-hybridized carbons (Fsp3) is 0.211. The minimum atomic E-state index is -1.10. The summed E-state index contributed by atoms with van der Waals surface area (Å²) >= 11 is 9.40. The topological polar surface area (TPSA) is 79.2 Å². The van der Waals surface area contributed by atoms with E-state index < -0.39 is 18.2 Å². The lowest BCUT2D eigenvalue weighted by Gasteiger charge is -2.20. The molecule has 2 N–H and O–H groups in total. The summed E-state index contributed by atoms with van der Waals surface area (Å²) in [5.41, 5.74) is 1.07. The van der Waals surface area contributed by atoms with Crippen LogP contribution in [0.15, 0.2) is 53.0 Å². The molecule has 2 atom stereocenters. The molecule has 2 aromatic rings. The van der Waals surface area contributed by atoms with Gasteiger partial charge in [0.2, 0.25) is 0 Å². The zero-order valence-corrected chi connectivity index (χ0v) is 16.6. The standard InChI is InChI=1S/C19H18BrClN2O3/c1-11(22)17(18(24)13-7-9-14(20)10-8-13)23-19(25)26-12(2)15-5-3-4-6-16(15)21/h3-10,12,17,22H,1-2H3,(H,23,25). The van der Waals surface area contributed by atoms with Gasteiger partial charge in [0.05, 0.1) is 0 Å². The van der Waals surface area contributed by atoms with E-state index in [1.54, 1.807) is 55.5 Å². The summed E-state index contributed by atoms with van der Waals surface area (Å²) in [7, 11) is 0. The third-order valence-corrected chi connectivity index (χ3v) is 4.59. The molecule has 0 bridgehead atoms.